The van der Waals surface area contributed by atoms with E-state index in [-0.39, 0.29) is 4.88 Å². The number of aryl methyl sites for hydroxylation is 1. The van der Waals surface area contributed by atoms with Crippen molar-refractivity contribution >= 4 is 40.0 Å². The lowest BCUT2D eigenvalue weighted by Crippen LogP contribution is -2.18. The molecule has 8 nitrogen and oxygen atoms in total. The summed E-state index contributed by atoms with van der Waals surface area (Å²) in [5, 5.41) is 18.9. The minimum atomic E-state index is -0.983. The number of aromatic nitrogens is 3. The summed E-state index contributed by atoms with van der Waals surface area (Å²) < 4.78 is 7.16. The summed E-state index contributed by atoms with van der Waals surface area (Å²) in [5.41, 5.74) is 3.41. The Kier molecular flexibility index (Phi) is 6.22. The molecule has 5 rings (SSSR count). The smallest absolute Gasteiger partial charge is 0.413 e. The largest absolute Gasteiger partial charge is 0.477 e. The van der Waals surface area contributed by atoms with Crippen molar-refractivity contribution in [3.8, 4) is 21.7 Å². The summed E-state index contributed by atoms with van der Waals surface area (Å²) >= 11 is 1.14. The maximum atomic E-state index is 12.6. The van der Waals surface area contributed by atoms with E-state index in [1.807, 2.05) is 73.7 Å². The van der Waals surface area contributed by atoms with Crippen LogP contribution in [0.2, 0.25) is 0 Å². The second kappa shape index (κ2) is 9.63. The van der Waals surface area contributed by atoms with Crippen molar-refractivity contribution in [2.24, 2.45) is 7.05 Å². The molecule has 0 aliphatic heterocycles. The van der Waals surface area contributed by atoms with Crippen LogP contribution in [0.15, 0.2) is 79.1 Å². The Morgan fingerprint density at radius 3 is 2.39 bits per heavy atom. The molecule has 0 aliphatic rings. The monoisotopic (exact) mass is 498 g/mol. The fourth-order valence-corrected chi connectivity index (χ4v) is 4.68. The Morgan fingerprint density at radius 2 is 1.69 bits per heavy atom. The van der Waals surface area contributed by atoms with Crippen molar-refractivity contribution in [1.82, 2.24) is 14.8 Å². The number of ether oxygens (including phenoxy) is 1. The van der Waals surface area contributed by atoms with Crippen molar-refractivity contribution < 1.29 is 19.4 Å². The van der Waals surface area contributed by atoms with Gasteiger partial charge in [0.2, 0.25) is 0 Å². The lowest BCUT2D eigenvalue weighted by Gasteiger charge is -2.15. The molecule has 2 heterocycles. The van der Waals surface area contributed by atoms with E-state index in [4.69, 9.17) is 9.84 Å². The van der Waals surface area contributed by atoms with E-state index in [0.29, 0.717) is 10.8 Å². The van der Waals surface area contributed by atoms with Gasteiger partial charge < -0.3 is 9.84 Å². The van der Waals surface area contributed by atoms with E-state index in [9.17, 15) is 9.59 Å². The van der Waals surface area contributed by atoms with Gasteiger partial charge in [0.25, 0.3) is 0 Å². The molecule has 2 aromatic heterocycles. The van der Waals surface area contributed by atoms with E-state index in [1.54, 1.807) is 17.9 Å². The normalized spacial score (nSPS) is 11.8. The third-order valence-electron chi connectivity index (χ3n) is 5.83. The minimum absolute atomic E-state index is 0.203. The molecule has 180 valence electrons. The molecule has 0 radical (unpaired) electrons. The highest BCUT2D eigenvalue weighted by molar-refractivity contribution is 7.16. The zero-order valence-electron chi connectivity index (χ0n) is 19.5. The molecule has 2 N–H and O–H groups in total. The number of aromatic carboxylic acids is 1. The maximum Gasteiger partial charge on any atom is 0.413 e. The first-order valence-electron chi connectivity index (χ1n) is 11.2. The number of carbonyl (C=O) groups excluding carboxylic acids is 1. The zero-order valence-corrected chi connectivity index (χ0v) is 20.3. The molecule has 0 saturated heterocycles. The molecular formula is C27H22N4O4S. The number of nitrogens with one attached hydrogen (secondary N) is 1. The molecular weight excluding hydrogens is 476 g/mol. The van der Waals surface area contributed by atoms with E-state index in [0.717, 1.165) is 44.4 Å². The van der Waals surface area contributed by atoms with Gasteiger partial charge in [0.15, 0.2) is 0 Å². The molecule has 9 heteroatoms. The van der Waals surface area contributed by atoms with Gasteiger partial charge in [-0.1, -0.05) is 54.6 Å². The average Bonchev–Trinajstić information content (AvgIpc) is 3.52. The minimum Gasteiger partial charge on any atom is -0.477 e. The number of nitrogens with zero attached hydrogens (tertiary/aromatic N) is 3. The van der Waals surface area contributed by atoms with Crippen LogP contribution in [0.25, 0.3) is 32.5 Å². The molecule has 36 heavy (non-hydrogen) atoms. The van der Waals surface area contributed by atoms with Crippen LogP contribution in [0.4, 0.5) is 10.6 Å². The first kappa shape index (κ1) is 23.3. The van der Waals surface area contributed by atoms with Crippen molar-refractivity contribution in [2.45, 2.75) is 13.0 Å². The summed E-state index contributed by atoms with van der Waals surface area (Å²) in [6.45, 7) is 1.82. The Labute approximate surface area is 210 Å². The van der Waals surface area contributed by atoms with Gasteiger partial charge in [0, 0.05) is 18.2 Å². The Morgan fingerprint density at radius 1 is 1.00 bits per heavy atom. The van der Waals surface area contributed by atoms with Crippen LogP contribution in [-0.2, 0) is 11.8 Å². The average molecular weight is 499 g/mol. The predicted molar refractivity (Wildman–Crippen MR) is 139 cm³/mol. The molecule has 0 fully saturated rings. The Balaban J connectivity index is 1.38. The lowest BCUT2D eigenvalue weighted by molar-refractivity contribution is 0.0701. The zero-order chi connectivity index (χ0) is 25.2. The van der Waals surface area contributed by atoms with Crippen LogP contribution in [-0.4, -0.2) is 31.9 Å². The van der Waals surface area contributed by atoms with Crippen LogP contribution in [0.5, 0.6) is 0 Å². The highest BCUT2D eigenvalue weighted by Crippen LogP contribution is 2.33. The van der Waals surface area contributed by atoms with Gasteiger partial charge in [-0.15, -0.1) is 11.3 Å². The molecule has 5 aromatic rings. The Hall–Kier alpha value is -4.50. The van der Waals surface area contributed by atoms with Gasteiger partial charge in [-0.05, 0) is 41.0 Å². The van der Waals surface area contributed by atoms with Crippen molar-refractivity contribution in [2.75, 3.05) is 5.32 Å². The van der Waals surface area contributed by atoms with E-state index >= 15 is 0 Å². The number of carboxylic acids is 1. The predicted octanol–water partition coefficient (Wildman–Crippen LogP) is 6.37. The van der Waals surface area contributed by atoms with E-state index < -0.39 is 18.2 Å². The van der Waals surface area contributed by atoms with Gasteiger partial charge in [-0.2, -0.15) is 5.10 Å². The number of amides is 1. The van der Waals surface area contributed by atoms with Gasteiger partial charge in [0.1, 0.15) is 21.8 Å². The first-order chi connectivity index (χ1) is 17.4. The third-order valence-corrected chi connectivity index (χ3v) is 6.86. The summed E-state index contributed by atoms with van der Waals surface area (Å²) in [4.78, 5) is 28.3. The molecule has 0 spiro atoms. The second-order valence-electron chi connectivity index (χ2n) is 8.23. The number of benzene rings is 3. The molecule has 1 amide bonds. The van der Waals surface area contributed by atoms with E-state index in [2.05, 4.69) is 15.4 Å². The molecule has 1 atom stereocenters. The standard InChI is InChI=1S/C27H22N4O4S/c1-16(17-6-4-3-5-7-17)35-27(34)30-24-22(14-29-31(24)2)20-10-8-19-13-21(11-9-18(19)12-20)25-28-15-23(36-25)26(32)33/h3-16H,1-2H3,(H,30,34)(H,32,33). The number of rotatable bonds is 6. The number of hydrogen-bond donors (Lipinski definition) is 2. The highest BCUT2D eigenvalue weighted by atomic mass is 32.1. The van der Waals surface area contributed by atoms with Crippen LogP contribution >= 0.6 is 11.3 Å². The summed E-state index contributed by atoms with van der Waals surface area (Å²) in [6, 6.07) is 21.4. The van der Waals surface area contributed by atoms with Gasteiger partial charge in [0.05, 0.1) is 12.4 Å². The molecule has 0 saturated carbocycles. The van der Waals surface area contributed by atoms with Gasteiger partial charge >= 0.3 is 12.1 Å². The summed E-state index contributed by atoms with van der Waals surface area (Å²) in [5.74, 6) is -0.455. The third kappa shape index (κ3) is 4.69. The van der Waals surface area contributed by atoms with Crippen molar-refractivity contribution in [3.05, 3.63) is 89.6 Å². The van der Waals surface area contributed by atoms with Gasteiger partial charge in [-0.25, -0.2) is 14.6 Å². The highest BCUT2D eigenvalue weighted by Gasteiger charge is 2.18. The maximum absolute atomic E-state index is 12.6. The van der Waals surface area contributed by atoms with Crippen molar-refractivity contribution in [3.63, 3.8) is 0 Å². The summed E-state index contributed by atoms with van der Waals surface area (Å²) in [7, 11) is 1.76. The number of carbonyl (C=O) groups is 2. The fourth-order valence-electron chi connectivity index (χ4n) is 3.93. The molecule has 0 aliphatic carbocycles. The van der Waals surface area contributed by atoms with Gasteiger partial charge in [-0.3, -0.25) is 10.00 Å². The Bertz CT molecular complexity index is 1580. The molecule has 3 aromatic carbocycles. The fraction of sp³-hybridized carbons (Fsp3) is 0.111. The molecule has 1 unspecified atom stereocenters. The van der Waals surface area contributed by atoms with Crippen LogP contribution in [0, 0.1) is 0 Å². The quantitative estimate of drug-likeness (QED) is 0.282. The SMILES string of the molecule is CC(OC(=O)Nc1c(-c2ccc3cc(-c4ncc(C(=O)O)s4)ccc3c2)cnn1C)c1ccccc1. The lowest BCUT2D eigenvalue weighted by atomic mass is 10.0. The number of anilines is 1. The van der Waals surface area contributed by atoms with Crippen LogP contribution in [0.1, 0.15) is 28.3 Å². The number of thiazole rings is 1. The number of fused-ring (bicyclic) bond motifs is 1. The number of hydrogen-bond acceptors (Lipinski definition) is 6. The van der Waals surface area contributed by atoms with Crippen LogP contribution in [0.3, 0.4) is 0 Å². The van der Waals surface area contributed by atoms with Crippen molar-refractivity contribution in [1.29, 1.82) is 0 Å². The number of carboxylic acid groups (broad SMARTS) is 1. The summed E-state index contributed by atoms with van der Waals surface area (Å²) in [6.07, 6.45) is 2.11. The van der Waals surface area contributed by atoms with E-state index in [1.165, 1.54) is 6.20 Å². The topological polar surface area (TPSA) is 106 Å². The van der Waals surface area contributed by atoms with Crippen LogP contribution < -0.4 is 5.32 Å². The molecule has 0 bridgehead atoms. The first-order valence-corrected chi connectivity index (χ1v) is 12.0. The second-order valence-corrected chi connectivity index (χ2v) is 9.26.